The van der Waals surface area contributed by atoms with Crippen LogP contribution in [0.2, 0.25) is 0 Å². The highest BCUT2D eigenvalue weighted by Crippen LogP contribution is 2.32. The lowest BCUT2D eigenvalue weighted by Crippen LogP contribution is -2.51. The third-order valence-corrected chi connectivity index (χ3v) is 6.34. The standard InChI is InChI=1S/C24H29F4N3/c25-23(26)24(27,28)17-31-15-13-30(14-16-31)12-4-7-18-6-3-9-22-20(18)11-10-19-5-1-2-8-21(19)29-22/h1-3,5-6,8-9,23,29H,4,7,10-17H2. The number of alkyl halides is 4. The maximum Gasteiger partial charge on any atom is 0.319 e. The predicted molar refractivity (Wildman–Crippen MR) is 116 cm³/mol. The van der Waals surface area contributed by atoms with Gasteiger partial charge >= 0.3 is 12.3 Å². The van der Waals surface area contributed by atoms with Gasteiger partial charge in [-0.05, 0) is 61.1 Å². The Balaban J connectivity index is 1.27. The molecule has 0 saturated carbocycles. The number of nitrogens with zero attached hydrogens (tertiary/aromatic N) is 2. The number of anilines is 2. The van der Waals surface area contributed by atoms with Crippen LogP contribution in [0.5, 0.6) is 0 Å². The fourth-order valence-corrected chi connectivity index (χ4v) is 4.58. The van der Waals surface area contributed by atoms with Gasteiger partial charge in [-0.2, -0.15) is 8.78 Å². The summed E-state index contributed by atoms with van der Waals surface area (Å²) < 4.78 is 51.3. The zero-order valence-electron chi connectivity index (χ0n) is 17.6. The van der Waals surface area contributed by atoms with E-state index in [0.29, 0.717) is 26.2 Å². The minimum absolute atomic E-state index is 0.408. The molecule has 0 spiro atoms. The first kappa shape index (κ1) is 22.1. The van der Waals surface area contributed by atoms with Crippen LogP contribution in [0.25, 0.3) is 0 Å². The molecule has 0 bridgehead atoms. The van der Waals surface area contributed by atoms with Gasteiger partial charge in [0, 0.05) is 37.6 Å². The summed E-state index contributed by atoms with van der Waals surface area (Å²) in [6, 6.07) is 14.8. The van der Waals surface area contributed by atoms with Crippen molar-refractivity contribution in [1.29, 1.82) is 0 Å². The molecule has 0 aromatic heterocycles. The molecule has 2 heterocycles. The summed E-state index contributed by atoms with van der Waals surface area (Å²) in [5.74, 6) is -3.93. The molecule has 0 radical (unpaired) electrons. The van der Waals surface area contributed by atoms with Crippen LogP contribution in [0, 0.1) is 0 Å². The van der Waals surface area contributed by atoms with Crippen LogP contribution in [0.1, 0.15) is 23.1 Å². The molecular weight excluding hydrogens is 406 g/mol. The highest BCUT2D eigenvalue weighted by atomic mass is 19.3. The van der Waals surface area contributed by atoms with E-state index in [2.05, 4.69) is 52.7 Å². The van der Waals surface area contributed by atoms with Gasteiger partial charge in [0.05, 0.1) is 6.54 Å². The monoisotopic (exact) mass is 435 g/mol. The van der Waals surface area contributed by atoms with E-state index < -0.39 is 18.9 Å². The lowest BCUT2D eigenvalue weighted by molar-refractivity contribution is -0.145. The molecule has 2 aromatic rings. The lowest BCUT2D eigenvalue weighted by Gasteiger charge is -2.36. The summed E-state index contributed by atoms with van der Waals surface area (Å²) in [4.78, 5) is 3.69. The van der Waals surface area contributed by atoms with E-state index in [1.54, 1.807) is 0 Å². The van der Waals surface area contributed by atoms with Gasteiger partial charge in [-0.3, -0.25) is 4.90 Å². The molecule has 168 valence electrons. The number of halogens is 4. The average molecular weight is 436 g/mol. The number of piperazine rings is 1. The van der Waals surface area contributed by atoms with Crippen molar-refractivity contribution in [3.05, 3.63) is 59.2 Å². The second-order valence-electron chi connectivity index (χ2n) is 8.51. The van der Waals surface area contributed by atoms with Gasteiger partial charge < -0.3 is 10.2 Å². The van der Waals surface area contributed by atoms with Crippen molar-refractivity contribution in [2.45, 2.75) is 38.0 Å². The Morgan fingerprint density at radius 2 is 1.58 bits per heavy atom. The van der Waals surface area contributed by atoms with Crippen LogP contribution in [0.3, 0.4) is 0 Å². The highest BCUT2D eigenvalue weighted by Gasteiger charge is 2.42. The van der Waals surface area contributed by atoms with Crippen molar-refractivity contribution in [2.24, 2.45) is 0 Å². The van der Waals surface area contributed by atoms with Crippen molar-refractivity contribution >= 4 is 11.4 Å². The molecule has 7 heteroatoms. The van der Waals surface area contributed by atoms with Gasteiger partial charge in [0.1, 0.15) is 0 Å². The largest absolute Gasteiger partial charge is 0.355 e. The zero-order valence-corrected chi connectivity index (χ0v) is 17.6. The Morgan fingerprint density at radius 3 is 2.35 bits per heavy atom. The summed E-state index contributed by atoms with van der Waals surface area (Å²) >= 11 is 0. The van der Waals surface area contributed by atoms with E-state index in [1.165, 1.54) is 33.0 Å². The molecule has 2 aromatic carbocycles. The van der Waals surface area contributed by atoms with Crippen molar-refractivity contribution < 1.29 is 17.6 Å². The van der Waals surface area contributed by atoms with E-state index in [0.717, 1.165) is 32.2 Å². The first-order valence-corrected chi connectivity index (χ1v) is 11.0. The minimum Gasteiger partial charge on any atom is -0.355 e. The number of fused-ring (bicyclic) bond motifs is 2. The van der Waals surface area contributed by atoms with Crippen LogP contribution >= 0.6 is 0 Å². The van der Waals surface area contributed by atoms with Crippen LogP contribution in [0.4, 0.5) is 28.9 Å². The van der Waals surface area contributed by atoms with Gasteiger partial charge in [0.15, 0.2) is 0 Å². The van der Waals surface area contributed by atoms with Gasteiger partial charge in [0.2, 0.25) is 0 Å². The molecule has 31 heavy (non-hydrogen) atoms. The van der Waals surface area contributed by atoms with Crippen LogP contribution in [-0.2, 0) is 19.3 Å². The van der Waals surface area contributed by atoms with E-state index >= 15 is 0 Å². The molecular formula is C24H29F4N3. The molecule has 2 aliphatic heterocycles. The van der Waals surface area contributed by atoms with Crippen LogP contribution in [-0.4, -0.2) is 61.4 Å². The normalized spacial score (nSPS) is 17.7. The topological polar surface area (TPSA) is 18.5 Å². The first-order chi connectivity index (χ1) is 14.9. The molecule has 0 amide bonds. The quantitative estimate of drug-likeness (QED) is 0.619. The van der Waals surface area contributed by atoms with Gasteiger partial charge in [-0.1, -0.05) is 30.3 Å². The van der Waals surface area contributed by atoms with Crippen LogP contribution < -0.4 is 5.32 Å². The smallest absolute Gasteiger partial charge is 0.319 e. The SMILES string of the molecule is FC(F)C(F)(F)CN1CCN(CCCc2cccc3c2CCc2ccccc2N3)CC1. The average Bonchev–Trinajstić information content (AvgIpc) is 2.94. The molecule has 2 aliphatic rings. The molecule has 3 nitrogen and oxygen atoms in total. The molecule has 0 atom stereocenters. The highest BCUT2D eigenvalue weighted by molar-refractivity contribution is 5.69. The second-order valence-corrected chi connectivity index (χ2v) is 8.51. The molecule has 1 saturated heterocycles. The molecule has 0 aliphatic carbocycles. The van der Waals surface area contributed by atoms with Crippen LogP contribution in [0.15, 0.2) is 42.5 Å². The van der Waals surface area contributed by atoms with Gasteiger partial charge in [0.25, 0.3) is 0 Å². The second kappa shape index (κ2) is 9.57. The fraction of sp³-hybridized carbons (Fsp3) is 0.500. The molecule has 0 unspecified atom stereocenters. The maximum absolute atomic E-state index is 13.3. The van der Waals surface area contributed by atoms with E-state index in [9.17, 15) is 17.6 Å². The third kappa shape index (κ3) is 5.39. The number of hydrogen-bond donors (Lipinski definition) is 1. The Hall–Kier alpha value is -2.12. The summed E-state index contributed by atoms with van der Waals surface area (Å²) in [7, 11) is 0. The van der Waals surface area contributed by atoms with Crippen molar-refractivity contribution in [2.75, 3.05) is 44.6 Å². The number of aryl methyl sites for hydroxylation is 2. The predicted octanol–water partition coefficient (Wildman–Crippen LogP) is 4.98. The summed E-state index contributed by atoms with van der Waals surface area (Å²) in [5.41, 5.74) is 6.41. The van der Waals surface area contributed by atoms with E-state index in [4.69, 9.17) is 0 Å². The summed E-state index contributed by atoms with van der Waals surface area (Å²) in [5, 5.41) is 3.58. The maximum atomic E-state index is 13.3. The van der Waals surface area contributed by atoms with E-state index in [1.807, 2.05) is 0 Å². The molecule has 4 rings (SSSR count). The first-order valence-electron chi connectivity index (χ1n) is 11.0. The van der Waals surface area contributed by atoms with Crippen molar-refractivity contribution in [1.82, 2.24) is 9.80 Å². The lowest BCUT2D eigenvalue weighted by atomic mass is 9.96. The van der Waals surface area contributed by atoms with Gasteiger partial charge in [-0.25, -0.2) is 8.78 Å². The number of benzene rings is 2. The molecule has 1 N–H and O–H groups in total. The Labute approximate surface area is 181 Å². The fourth-order valence-electron chi connectivity index (χ4n) is 4.58. The summed E-state index contributed by atoms with van der Waals surface area (Å²) in [6.45, 7) is 2.13. The number of hydrogen-bond acceptors (Lipinski definition) is 3. The Kier molecular flexibility index (Phi) is 6.82. The van der Waals surface area contributed by atoms with Gasteiger partial charge in [-0.15, -0.1) is 0 Å². The number of para-hydroxylation sites is 1. The minimum atomic E-state index is -3.93. The Bertz CT molecular complexity index is 879. The summed E-state index contributed by atoms with van der Waals surface area (Å²) in [6.07, 6.45) is 0.362. The third-order valence-electron chi connectivity index (χ3n) is 6.34. The Morgan fingerprint density at radius 1 is 0.871 bits per heavy atom. The van der Waals surface area contributed by atoms with Crippen molar-refractivity contribution in [3.8, 4) is 0 Å². The van der Waals surface area contributed by atoms with E-state index in [-0.39, 0.29) is 0 Å². The molecule has 1 fully saturated rings. The zero-order chi connectivity index (χ0) is 21.8. The van der Waals surface area contributed by atoms with Crippen molar-refractivity contribution in [3.63, 3.8) is 0 Å². The number of nitrogens with one attached hydrogen (secondary N) is 1. The number of rotatable bonds is 7.